The minimum Gasteiger partial charge on any atom is -0.492 e. The van der Waals surface area contributed by atoms with Crippen molar-refractivity contribution in [2.45, 2.75) is 32.7 Å². The van der Waals surface area contributed by atoms with E-state index in [0.717, 1.165) is 11.3 Å². The van der Waals surface area contributed by atoms with Crippen LogP contribution in [-0.4, -0.2) is 16.7 Å². The molecular weight excluding hydrogens is 254 g/mol. The minimum atomic E-state index is -0.277. The topological polar surface area (TPSA) is 74.2 Å². The van der Waals surface area contributed by atoms with Crippen molar-refractivity contribution >= 4 is 0 Å². The molecule has 0 spiro atoms. The van der Waals surface area contributed by atoms with Crippen LogP contribution in [0.3, 0.4) is 0 Å². The fraction of sp³-hybridized carbons (Fsp3) is 0.467. The first-order valence-electron chi connectivity index (χ1n) is 6.77. The Morgan fingerprint density at radius 1 is 1.30 bits per heavy atom. The van der Waals surface area contributed by atoms with E-state index in [0.29, 0.717) is 18.3 Å². The lowest BCUT2D eigenvalue weighted by atomic mass is 9.87. The first kappa shape index (κ1) is 13.1. The van der Waals surface area contributed by atoms with Gasteiger partial charge in [0.2, 0.25) is 5.89 Å². The zero-order valence-electron chi connectivity index (χ0n) is 12.0. The largest absolute Gasteiger partial charge is 0.492 e. The van der Waals surface area contributed by atoms with Crippen LogP contribution in [0.25, 0.3) is 0 Å². The van der Waals surface area contributed by atoms with Gasteiger partial charge in [0, 0.05) is 5.56 Å². The molecule has 0 saturated carbocycles. The van der Waals surface area contributed by atoms with Gasteiger partial charge in [-0.15, -0.1) is 0 Å². The van der Waals surface area contributed by atoms with E-state index in [1.165, 1.54) is 0 Å². The van der Waals surface area contributed by atoms with Crippen molar-refractivity contribution in [1.82, 2.24) is 10.1 Å². The molecule has 2 heterocycles. The number of nitrogens with two attached hydrogens (primary N) is 1. The molecule has 1 aromatic heterocycles. The maximum Gasteiger partial charge on any atom is 0.244 e. The van der Waals surface area contributed by atoms with Gasteiger partial charge in [-0.3, -0.25) is 0 Å². The number of aromatic nitrogens is 2. The van der Waals surface area contributed by atoms with Gasteiger partial charge in [-0.05, 0) is 11.5 Å². The normalized spacial score (nSPS) is 19.5. The number of nitrogens with zero attached hydrogens (tertiary/aromatic N) is 2. The predicted octanol–water partition coefficient (Wildman–Crippen LogP) is 2.64. The third-order valence-corrected chi connectivity index (χ3v) is 3.67. The molecule has 0 bridgehead atoms. The quantitative estimate of drug-likeness (QED) is 0.910. The molecule has 106 valence electrons. The summed E-state index contributed by atoms with van der Waals surface area (Å²) in [6.45, 7) is 6.70. The number of rotatable bonds is 2. The molecule has 5 heteroatoms. The van der Waals surface area contributed by atoms with Crippen LogP contribution in [0.15, 0.2) is 28.8 Å². The second-order valence-corrected chi connectivity index (χ2v) is 6.24. The molecule has 5 nitrogen and oxygen atoms in total. The van der Waals surface area contributed by atoms with Crippen LogP contribution in [0.1, 0.15) is 50.0 Å². The highest BCUT2D eigenvalue weighted by molar-refractivity contribution is 5.42. The van der Waals surface area contributed by atoms with E-state index in [4.69, 9.17) is 15.0 Å². The van der Waals surface area contributed by atoms with Gasteiger partial charge >= 0.3 is 0 Å². The highest BCUT2D eigenvalue weighted by Gasteiger charge is 2.32. The molecule has 0 amide bonds. The number of hydrogen-bond donors (Lipinski definition) is 1. The second-order valence-electron chi connectivity index (χ2n) is 6.24. The molecule has 0 aliphatic carbocycles. The second kappa shape index (κ2) is 4.59. The Balaban J connectivity index is 1.89. The Bertz CT molecular complexity index is 616. The summed E-state index contributed by atoms with van der Waals surface area (Å²) in [6.07, 6.45) is 0. The molecule has 0 fully saturated rings. The van der Waals surface area contributed by atoms with Gasteiger partial charge in [0.15, 0.2) is 5.82 Å². The van der Waals surface area contributed by atoms with E-state index in [-0.39, 0.29) is 17.4 Å². The van der Waals surface area contributed by atoms with E-state index in [1.54, 1.807) is 0 Å². The minimum absolute atomic E-state index is 0.0240. The van der Waals surface area contributed by atoms with Crippen molar-refractivity contribution in [1.29, 1.82) is 0 Å². The molecule has 3 rings (SSSR count). The summed E-state index contributed by atoms with van der Waals surface area (Å²) >= 11 is 0. The van der Waals surface area contributed by atoms with Crippen molar-refractivity contribution < 1.29 is 9.26 Å². The summed E-state index contributed by atoms with van der Waals surface area (Å²) in [5.41, 5.74) is 7.14. The highest BCUT2D eigenvalue weighted by atomic mass is 16.5. The third kappa shape index (κ3) is 2.18. The molecule has 20 heavy (non-hydrogen) atoms. The molecular formula is C15H19N3O2. The van der Waals surface area contributed by atoms with Gasteiger partial charge < -0.3 is 15.0 Å². The summed E-state index contributed by atoms with van der Waals surface area (Å²) in [6, 6.07) is 7.66. The molecule has 0 saturated heterocycles. The molecule has 1 aliphatic rings. The number of benzene rings is 1. The van der Waals surface area contributed by atoms with Crippen molar-refractivity contribution in [2.75, 3.05) is 6.61 Å². The lowest BCUT2D eigenvalue weighted by Crippen LogP contribution is -2.26. The molecule has 1 aromatic carbocycles. The molecule has 1 unspecified atom stereocenters. The fourth-order valence-corrected chi connectivity index (χ4v) is 2.26. The third-order valence-electron chi connectivity index (χ3n) is 3.67. The molecule has 2 aromatic rings. The Kier molecular flexibility index (Phi) is 3.01. The maximum atomic E-state index is 6.15. The van der Waals surface area contributed by atoms with Crippen molar-refractivity contribution in [2.24, 2.45) is 11.1 Å². The van der Waals surface area contributed by atoms with Gasteiger partial charge in [-0.2, -0.15) is 4.98 Å². The standard InChI is InChI=1S/C15H19N3O2/c1-15(2,3)12(16)14-17-13(18-20-14)10-8-19-11-7-5-4-6-9(10)11/h4-7,10,12H,8,16H2,1-3H3/t10?,12-/m0/s1. The van der Waals surface area contributed by atoms with Crippen molar-refractivity contribution in [3.63, 3.8) is 0 Å². The van der Waals surface area contributed by atoms with Crippen LogP contribution >= 0.6 is 0 Å². The Hall–Kier alpha value is -1.88. The average molecular weight is 273 g/mol. The zero-order chi connectivity index (χ0) is 14.3. The summed E-state index contributed by atoms with van der Waals surface area (Å²) in [5, 5.41) is 4.09. The van der Waals surface area contributed by atoms with E-state index in [2.05, 4.69) is 30.9 Å². The summed E-state index contributed by atoms with van der Waals surface area (Å²) in [5.74, 6) is 2.04. The van der Waals surface area contributed by atoms with Gasteiger partial charge in [0.1, 0.15) is 12.4 Å². The Labute approximate surface area is 118 Å². The fourth-order valence-electron chi connectivity index (χ4n) is 2.26. The molecule has 0 radical (unpaired) electrons. The lowest BCUT2D eigenvalue weighted by molar-refractivity contribution is 0.251. The monoisotopic (exact) mass is 273 g/mol. The lowest BCUT2D eigenvalue weighted by Gasteiger charge is -2.23. The maximum absolute atomic E-state index is 6.15. The first-order valence-corrected chi connectivity index (χ1v) is 6.77. The van der Waals surface area contributed by atoms with Crippen LogP contribution in [0.5, 0.6) is 5.75 Å². The summed E-state index contributed by atoms with van der Waals surface area (Å²) in [7, 11) is 0. The summed E-state index contributed by atoms with van der Waals surface area (Å²) < 4.78 is 11.0. The van der Waals surface area contributed by atoms with Crippen molar-refractivity contribution in [3.8, 4) is 5.75 Å². The SMILES string of the molecule is CC(C)(C)[C@@H](N)c1nc(C2COc3ccccc32)no1. The zero-order valence-corrected chi connectivity index (χ0v) is 12.0. The van der Waals surface area contributed by atoms with Crippen LogP contribution < -0.4 is 10.5 Å². The van der Waals surface area contributed by atoms with Crippen molar-refractivity contribution in [3.05, 3.63) is 41.5 Å². The van der Waals surface area contributed by atoms with Gasteiger partial charge in [0.05, 0.1) is 12.0 Å². The molecule has 2 atom stereocenters. The number of ether oxygens (including phenoxy) is 1. The molecule has 2 N–H and O–H groups in total. The molecule has 1 aliphatic heterocycles. The van der Waals surface area contributed by atoms with E-state index >= 15 is 0 Å². The highest BCUT2D eigenvalue weighted by Crippen LogP contribution is 2.37. The Morgan fingerprint density at radius 2 is 2.05 bits per heavy atom. The first-order chi connectivity index (χ1) is 9.47. The van der Waals surface area contributed by atoms with E-state index in [9.17, 15) is 0 Å². The van der Waals surface area contributed by atoms with Gasteiger partial charge in [-0.1, -0.05) is 44.1 Å². The number of fused-ring (bicyclic) bond motifs is 1. The average Bonchev–Trinajstić information content (AvgIpc) is 3.02. The number of para-hydroxylation sites is 1. The van der Waals surface area contributed by atoms with E-state index < -0.39 is 0 Å². The summed E-state index contributed by atoms with van der Waals surface area (Å²) in [4.78, 5) is 4.47. The van der Waals surface area contributed by atoms with Crippen LogP contribution in [-0.2, 0) is 0 Å². The number of hydrogen-bond acceptors (Lipinski definition) is 5. The van der Waals surface area contributed by atoms with Gasteiger partial charge in [-0.25, -0.2) is 0 Å². The van der Waals surface area contributed by atoms with Crippen LogP contribution in [0.4, 0.5) is 0 Å². The predicted molar refractivity (Wildman–Crippen MR) is 74.5 cm³/mol. The Morgan fingerprint density at radius 3 is 2.80 bits per heavy atom. The van der Waals surface area contributed by atoms with Crippen LogP contribution in [0.2, 0.25) is 0 Å². The smallest absolute Gasteiger partial charge is 0.244 e. The van der Waals surface area contributed by atoms with E-state index in [1.807, 2.05) is 24.3 Å². The van der Waals surface area contributed by atoms with Gasteiger partial charge in [0.25, 0.3) is 0 Å². The van der Waals surface area contributed by atoms with Crippen LogP contribution in [0, 0.1) is 5.41 Å².